The van der Waals surface area contributed by atoms with Gasteiger partial charge in [0.15, 0.2) is 11.5 Å². The van der Waals surface area contributed by atoms with Crippen molar-refractivity contribution in [2.24, 2.45) is 0 Å². The molecular weight excluding hydrogens is 206 g/mol. The summed E-state index contributed by atoms with van der Waals surface area (Å²) in [5.41, 5.74) is 1.10. The summed E-state index contributed by atoms with van der Waals surface area (Å²) < 4.78 is 10.4. The van der Waals surface area contributed by atoms with Gasteiger partial charge >= 0.3 is 0 Å². The van der Waals surface area contributed by atoms with Crippen LogP contribution in [0.2, 0.25) is 0 Å². The van der Waals surface area contributed by atoms with Gasteiger partial charge in [-0.25, -0.2) is 0 Å². The van der Waals surface area contributed by atoms with Gasteiger partial charge in [-0.1, -0.05) is 6.07 Å². The number of aliphatic hydroxyl groups is 1. The van der Waals surface area contributed by atoms with E-state index in [0.717, 1.165) is 17.1 Å². The van der Waals surface area contributed by atoms with Crippen LogP contribution in [0, 0.1) is 0 Å². The molecule has 0 saturated heterocycles. The molecule has 16 heavy (non-hydrogen) atoms. The molecule has 0 aromatic heterocycles. The van der Waals surface area contributed by atoms with Crippen molar-refractivity contribution >= 4 is 0 Å². The molecule has 0 aliphatic rings. The third-order valence-corrected chi connectivity index (χ3v) is 2.47. The standard InChI is InChI=1S/C12H19NO3/c1-9(13-6-7-14)10-4-5-11(15-2)12(8-10)16-3/h4-5,8-9,13-14H,6-7H2,1-3H3/t9-/m0/s1. The molecule has 2 N–H and O–H groups in total. The number of hydrogen-bond donors (Lipinski definition) is 2. The second kappa shape index (κ2) is 6.35. The molecule has 4 nitrogen and oxygen atoms in total. The average molecular weight is 225 g/mol. The Morgan fingerprint density at radius 3 is 2.50 bits per heavy atom. The maximum atomic E-state index is 8.74. The molecule has 0 aliphatic carbocycles. The zero-order valence-corrected chi connectivity index (χ0v) is 9.99. The summed E-state index contributed by atoms with van der Waals surface area (Å²) in [5, 5.41) is 11.9. The van der Waals surface area contributed by atoms with Crippen molar-refractivity contribution in [3.8, 4) is 11.5 Å². The molecule has 0 spiro atoms. The highest BCUT2D eigenvalue weighted by molar-refractivity contribution is 5.43. The summed E-state index contributed by atoms with van der Waals surface area (Å²) >= 11 is 0. The highest BCUT2D eigenvalue weighted by atomic mass is 16.5. The van der Waals surface area contributed by atoms with E-state index in [4.69, 9.17) is 14.6 Å². The molecule has 0 fully saturated rings. The van der Waals surface area contributed by atoms with Crippen LogP contribution in [0.4, 0.5) is 0 Å². The van der Waals surface area contributed by atoms with Gasteiger partial charge in [0.05, 0.1) is 20.8 Å². The summed E-state index contributed by atoms with van der Waals surface area (Å²) in [5.74, 6) is 1.44. The molecule has 0 amide bonds. The third kappa shape index (κ3) is 3.12. The highest BCUT2D eigenvalue weighted by Crippen LogP contribution is 2.29. The van der Waals surface area contributed by atoms with Crippen LogP contribution in [0.15, 0.2) is 18.2 Å². The third-order valence-electron chi connectivity index (χ3n) is 2.47. The van der Waals surface area contributed by atoms with E-state index in [1.807, 2.05) is 25.1 Å². The minimum absolute atomic E-state index is 0.137. The fraction of sp³-hybridized carbons (Fsp3) is 0.500. The van der Waals surface area contributed by atoms with Crippen molar-refractivity contribution in [2.75, 3.05) is 27.4 Å². The van der Waals surface area contributed by atoms with E-state index in [9.17, 15) is 0 Å². The monoisotopic (exact) mass is 225 g/mol. The summed E-state index contributed by atoms with van der Waals surface area (Å²) in [4.78, 5) is 0. The van der Waals surface area contributed by atoms with E-state index in [0.29, 0.717) is 6.54 Å². The first-order chi connectivity index (χ1) is 7.72. The Labute approximate surface area is 96.2 Å². The SMILES string of the molecule is COc1ccc([C@H](C)NCCO)cc1OC. The van der Waals surface area contributed by atoms with E-state index >= 15 is 0 Å². The van der Waals surface area contributed by atoms with Crippen molar-refractivity contribution < 1.29 is 14.6 Å². The maximum Gasteiger partial charge on any atom is 0.161 e. The van der Waals surface area contributed by atoms with Crippen LogP contribution in [0.1, 0.15) is 18.5 Å². The van der Waals surface area contributed by atoms with E-state index in [1.54, 1.807) is 14.2 Å². The number of aliphatic hydroxyl groups excluding tert-OH is 1. The smallest absolute Gasteiger partial charge is 0.161 e. The second-order valence-electron chi connectivity index (χ2n) is 3.51. The minimum atomic E-state index is 0.137. The van der Waals surface area contributed by atoms with Gasteiger partial charge in [0.1, 0.15) is 0 Å². The van der Waals surface area contributed by atoms with Crippen LogP contribution >= 0.6 is 0 Å². The first-order valence-electron chi connectivity index (χ1n) is 5.29. The van der Waals surface area contributed by atoms with Crippen molar-refractivity contribution in [3.63, 3.8) is 0 Å². The predicted octanol–water partition coefficient (Wildman–Crippen LogP) is 1.35. The predicted molar refractivity (Wildman–Crippen MR) is 63.0 cm³/mol. The quantitative estimate of drug-likeness (QED) is 0.767. The van der Waals surface area contributed by atoms with Gasteiger partial charge in [-0.05, 0) is 24.6 Å². The van der Waals surface area contributed by atoms with Crippen molar-refractivity contribution in [1.29, 1.82) is 0 Å². The van der Waals surface area contributed by atoms with Crippen LogP contribution in [0.25, 0.3) is 0 Å². The summed E-state index contributed by atoms with van der Waals surface area (Å²) in [6.45, 7) is 2.75. The minimum Gasteiger partial charge on any atom is -0.493 e. The van der Waals surface area contributed by atoms with Crippen LogP contribution in [0.3, 0.4) is 0 Å². The van der Waals surface area contributed by atoms with Gasteiger partial charge in [0.25, 0.3) is 0 Å². The van der Waals surface area contributed by atoms with Crippen LogP contribution in [-0.2, 0) is 0 Å². The normalized spacial score (nSPS) is 12.2. The molecule has 0 saturated carbocycles. The van der Waals surface area contributed by atoms with Gasteiger partial charge < -0.3 is 19.9 Å². The molecule has 0 radical (unpaired) electrons. The number of methoxy groups -OCH3 is 2. The van der Waals surface area contributed by atoms with Crippen LogP contribution < -0.4 is 14.8 Å². The van der Waals surface area contributed by atoms with Gasteiger partial charge in [0.2, 0.25) is 0 Å². The Bertz CT molecular complexity index is 328. The Morgan fingerprint density at radius 1 is 1.25 bits per heavy atom. The lowest BCUT2D eigenvalue weighted by Crippen LogP contribution is -2.22. The Morgan fingerprint density at radius 2 is 1.94 bits per heavy atom. The number of benzene rings is 1. The first-order valence-corrected chi connectivity index (χ1v) is 5.29. The van der Waals surface area contributed by atoms with E-state index in [2.05, 4.69) is 5.32 Å². The van der Waals surface area contributed by atoms with Crippen molar-refractivity contribution in [3.05, 3.63) is 23.8 Å². The van der Waals surface area contributed by atoms with E-state index < -0.39 is 0 Å². The lowest BCUT2D eigenvalue weighted by molar-refractivity contribution is 0.286. The summed E-state index contributed by atoms with van der Waals surface area (Å²) in [6, 6.07) is 5.97. The molecule has 0 unspecified atom stereocenters. The topological polar surface area (TPSA) is 50.7 Å². The second-order valence-corrected chi connectivity index (χ2v) is 3.51. The van der Waals surface area contributed by atoms with Crippen molar-refractivity contribution in [1.82, 2.24) is 5.32 Å². The largest absolute Gasteiger partial charge is 0.493 e. The number of hydrogen-bond acceptors (Lipinski definition) is 4. The average Bonchev–Trinajstić information content (AvgIpc) is 2.34. The lowest BCUT2D eigenvalue weighted by atomic mass is 10.1. The Hall–Kier alpha value is -1.26. The van der Waals surface area contributed by atoms with Crippen molar-refractivity contribution in [2.45, 2.75) is 13.0 Å². The first kappa shape index (κ1) is 12.8. The molecule has 4 heteroatoms. The molecule has 0 heterocycles. The van der Waals surface area contributed by atoms with Gasteiger partial charge in [-0.15, -0.1) is 0 Å². The fourth-order valence-electron chi connectivity index (χ4n) is 1.52. The molecular formula is C12H19NO3. The molecule has 1 atom stereocenters. The Kier molecular flexibility index (Phi) is 5.08. The molecule has 90 valence electrons. The van der Waals surface area contributed by atoms with Gasteiger partial charge in [-0.2, -0.15) is 0 Å². The summed E-state index contributed by atoms with van der Waals surface area (Å²) in [7, 11) is 3.23. The number of nitrogens with one attached hydrogen (secondary N) is 1. The number of ether oxygens (including phenoxy) is 2. The van der Waals surface area contributed by atoms with Gasteiger partial charge in [0, 0.05) is 12.6 Å². The van der Waals surface area contributed by atoms with Gasteiger partial charge in [-0.3, -0.25) is 0 Å². The molecule has 1 aromatic rings. The van der Waals surface area contributed by atoms with E-state index in [-0.39, 0.29) is 12.6 Å². The summed E-state index contributed by atoms with van der Waals surface area (Å²) in [6.07, 6.45) is 0. The Balaban J connectivity index is 2.81. The maximum absolute atomic E-state index is 8.74. The molecule has 0 aliphatic heterocycles. The number of rotatable bonds is 6. The molecule has 1 aromatic carbocycles. The molecule has 0 bridgehead atoms. The fourth-order valence-corrected chi connectivity index (χ4v) is 1.52. The van der Waals surface area contributed by atoms with Crippen LogP contribution in [-0.4, -0.2) is 32.5 Å². The zero-order chi connectivity index (χ0) is 12.0. The van der Waals surface area contributed by atoms with E-state index in [1.165, 1.54) is 0 Å². The van der Waals surface area contributed by atoms with Crippen LogP contribution in [0.5, 0.6) is 11.5 Å². The zero-order valence-electron chi connectivity index (χ0n) is 9.99. The lowest BCUT2D eigenvalue weighted by Gasteiger charge is -2.15. The molecule has 1 rings (SSSR count). The highest BCUT2D eigenvalue weighted by Gasteiger charge is 2.09.